The third-order valence-corrected chi connectivity index (χ3v) is 3.18. The van der Waals surface area contributed by atoms with Gasteiger partial charge in [-0.15, -0.1) is 0 Å². The molecule has 0 atom stereocenters. The van der Waals surface area contributed by atoms with Crippen LogP contribution in [0, 0.1) is 6.92 Å². The fourth-order valence-electron chi connectivity index (χ4n) is 1.97. The standard InChI is InChI=1S/C16H20N2O2/c1-10(2)12-9-13(17)11(3)8-15(12)20-16-14(19-4)6-5-7-18-16/h5-10H,17H2,1-4H3. The van der Waals surface area contributed by atoms with Gasteiger partial charge in [-0.1, -0.05) is 13.8 Å². The Hall–Kier alpha value is -2.23. The maximum Gasteiger partial charge on any atom is 0.262 e. The van der Waals surface area contributed by atoms with Gasteiger partial charge in [-0.25, -0.2) is 4.98 Å². The summed E-state index contributed by atoms with van der Waals surface area (Å²) in [7, 11) is 1.60. The lowest BCUT2D eigenvalue weighted by molar-refractivity contribution is 0.367. The molecule has 2 N–H and O–H groups in total. The molecule has 0 spiro atoms. The van der Waals surface area contributed by atoms with Crippen molar-refractivity contribution in [3.05, 3.63) is 41.6 Å². The fraction of sp³-hybridized carbons (Fsp3) is 0.312. The first-order chi connectivity index (χ1) is 9.52. The van der Waals surface area contributed by atoms with Gasteiger partial charge < -0.3 is 15.2 Å². The monoisotopic (exact) mass is 272 g/mol. The van der Waals surface area contributed by atoms with Crippen molar-refractivity contribution in [1.29, 1.82) is 0 Å². The molecule has 1 heterocycles. The van der Waals surface area contributed by atoms with Gasteiger partial charge >= 0.3 is 0 Å². The number of nitrogens with zero attached hydrogens (tertiary/aromatic N) is 1. The number of nitrogen functional groups attached to an aromatic ring is 1. The molecule has 0 bridgehead atoms. The Bertz CT molecular complexity index is 609. The fourth-order valence-corrected chi connectivity index (χ4v) is 1.97. The van der Waals surface area contributed by atoms with E-state index >= 15 is 0 Å². The van der Waals surface area contributed by atoms with Crippen LogP contribution in [0.2, 0.25) is 0 Å². The lowest BCUT2D eigenvalue weighted by atomic mass is 9.99. The van der Waals surface area contributed by atoms with Gasteiger partial charge in [0.15, 0.2) is 5.75 Å². The topological polar surface area (TPSA) is 57.4 Å². The van der Waals surface area contributed by atoms with E-state index in [0.29, 0.717) is 17.5 Å². The normalized spacial score (nSPS) is 10.7. The minimum atomic E-state index is 0.308. The molecule has 0 saturated heterocycles. The number of ether oxygens (including phenoxy) is 2. The molecule has 0 aliphatic heterocycles. The lowest BCUT2D eigenvalue weighted by Crippen LogP contribution is -2.00. The van der Waals surface area contributed by atoms with Crippen LogP contribution in [0.3, 0.4) is 0 Å². The number of hydrogen-bond donors (Lipinski definition) is 1. The van der Waals surface area contributed by atoms with Crippen molar-refractivity contribution < 1.29 is 9.47 Å². The van der Waals surface area contributed by atoms with E-state index in [0.717, 1.165) is 22.6 Å². The maximum absolute atomic E-state index is 5.98. The van der Waals surface area contributed by atoms with Gasteiger partial charge in [-0.2, -0.15) is 0 Å². The van der Waals surface area contributed by atoms with Crippen molar-refractivity contribution in [1.82, 2.24) is 4.98 Å². The van der Waals surface area contributed by atoms with E-state index in [2.05, 4.69) is 18.8 Å². The van der Waals surface area contributed by atoms with Crippen molar-refractivity contribution in [2.24, 2.45) is 0 Å². The van der Waals surface area contributed by atoms with Crippen molar-refractivity contribution in [3.63, 3.8) is 0 Å². The molecule has 0 aliphatic carbocycles. The summed E-state index contributed by atoms with van der Waals surface area (Å²) < 4.78 is 11.2. The molecule has 0 unspecified atom stereocenters. The lowest BCUT2D eigenvalue weighted by Gasteiger charge is -2.16. The summed E-state index contributed by atoms with van der Waals surface area (Å²) in [5.74, 6) is 2.14. The predicted molar refractivity (Wildman–Crippen MR) is 80.5 cm³/mol. The van der Waals surface area contributed by atoms with E-state index in [1.54, 1.807) is 13.3 Å². The van der Waals surface area contributed by atoms with Crippen LogP contribution in [0.4, 0.5) is 5.69 Å². The first kappa shape index (κ1) is 14.2. The second-order valence-corrected chi connectivity index (χ2v) is 5.01. The summed E-state index contributed by atoms with van der Waals surface area (Å²) in [6.07, 6.45) is 1.68. The summed E-state index contributed by atoms with van der Waals surface area (Å²) in [6.45, 7) is 6.17. The third kappa shape index (κ3) is 2.85. The molecule has 1 aromatic carbocycles. The zero-order valence-electron chi connectivity index (χ0n) is 12.3. The van der Waals surface area contributed by atoms with Crippen molar-refractivity contribution in [2.45, 2.75) is 26.7 Å². The van der Waals surface area contributed by atoms with Crippen molar-refractivity contribution in [2.75, 3.05) is 12.8 Å². The summed E-state index contributed by atoms with van der Waals surface area (Å²) in [4.78, 5) is 4.22. The molecule has 1 aromatic heterocycles. The Balaban J connectivity index is 2.45. The molecule has 4 heteroatoms. The maximum atomic E-state index is 5.98. The van der Waals surface area contributed by atoms with Gasteiger partial charge in [-0.05, 0) is 48.2 Å². The smallest absolute Gasteiger partial charge is 0.262 e. The van der Waals surface area contributed by atoms with E-state index in [9.17, 15) is 0 Å². The quantitative estimate of drug-likeness (QED) is 0.858. The molecule has 20 heavy (non-hydrogen) atoms. The molecule has 0 aliphatic rings. The van der Waals surface area contributed by atoms with Crippen molar-refractivity contribution >= 4 is 5.69 Å². The number of hydrogen-bond acceptors (Lipinski definition) is 4. The number of anilines is 1. The van der Waals surface area contributed by atoms with Crippen LogP contribution in [-0.4, -0.2) is 12.1 Å². The zero-order valence-corrected chi connectivity index (χ0v) is 12.3. The first-order valence-electron chi connectivity index (χ1n) is 6.59. The van der Waals surface area contributed by atoms with Crippen LogP contribution >= 0.6 is 0 Å². The van der Waals surface area contributed by atoms with Crippen molar-refractivity contribution in [3.8, 4) is 17.4 Å². The molecule has 0 radical (unpaired) electrons. The summed E-state index contributed by atoms with van der Waals surface area (Å²) in [5, 5.41) is 0. The Morgan fingerprint density at radius 2 is 1.95 bits per heavy atom. The molecular formula is C16H20N2O2. The number of rotatable bonds is 4. The third-order valence-electron chi connectivity index (χ3n) is 3.18. The molecule has 0 saturated carbocycles. The highest BCUT2D eigenvalue weighted by molar-refractivity contribution is 5.56. The second kappa shape index (κ2) is 5.82. The number of pyridine rings is 1. The highest BCUT2D eigenvalue weighted by Gasteiger charge is 2.14. The number of aryl methyl sites for hydroxylation is 1. The van der Waals surface area contributed by atoms with E-state index in [1.807, 2.05) is 31.2 Å². The van der Waals surface area contributed by atoms with E-state index in [-0.39, 0.29) is 0 Å². The highest BCUT2D eigenvalue weighted by atomic mass is 16.5. The molecule has 0 amide bonds. The Kier molecular flexibility index (Phi) is 4.13. The molecular weight excluding hydrogens is 252 g/mol. The van der Waals surface area contributed by atoms with Gasteiger partial charge in [0.25, 0.3) is 5.88 Å². The van der Waals surface area contributed by atoms with Crippen LogP contribution in [0.15, 0.2) is 30.5 Å². The Morgan fingerprint density at radius 1 is 1.20 bits per heavy atom. The Morgan fingerprint density at radius 3 is 2.60 bits per heavy atom. The molecule has 2 aromatic rings. The van der Waals surface area contributed by atoms with Crippen LogP contribution in [0.5, 0.6) is 17.4 Å². The summed E-state index contributed by atoms with van der Waals surface area (Å²) in [6, 6.07) is 7.54. The number of methoxy groups -OCH3 is 1. The van der Waals surface area contributed by atoms with Gasteiger partial charge in [0, 0.05) is 11.9 Å². The number of aromatic nitrogens is 1. The minimum Gasteiger partial charge on any atom is -0.491 e. The van der Waals surface area contributed by atoms with E-state index in [4.69, 9.17) is 15.2 Å². The van der Waals surface area contributed by atoms with Gasteiger partial charge in [0.1, 0.15) is 5.75 Å². The second-order valence-electron chi connectivity index (χ2n) is 5.01. The van der Waals surface area contributed by atoms with E-state index in [1.165, 1.54) is 0 Å². The molecule has 2 rings (SSSR count). The summed E-state index contributed by atoms with van der Waals surface area (Å²) >= 11 is 0. The average Bonchev–Trinajstić information content (AvgIpc) is 2.43. The van der Waals surface area contributed by atoms with Crippen LogP contribution < -0.4 is 15.2 Å². The molecule has 106 valence electrons. The minimum absolute atomic E-state index is 0.308. The number of nitrogens with two attached hydrogens (primary N) is 1. The average molecular weight is 272 g/mol. The molecule has 0 fully saturated rings. The first-order valence-corrected chi connectivity index (χ1v) is 6.59. The Labute approximate surface area is 119 Å². The largest absolute Gasteiger partial charge is 0.491 e. The van der Waals surface area contributed by atoms with E-state index < -0.39 is 0 Å². The van der Waals surface area contributed by atoms with Gasteiger partial charge in [-0.3, -0.25) is 0 Å². The zero-order chi connectivity index (χ0) is 14.7. The van der Waals surface area contributed by atoms with Gasteiger partial charge in [0.2, 0.25) is 0 Å². The van der Waals surface area contributed by atoms with Crippen LogP contribution in [0.25, 0.3) is 0 Å². The summed E-state index contributed by atoms with van der Waals surface area (Å²) in [5.41, 5.74) is 8.79. The number of benzene rings is 1. The van der Waals surface area contributed by atoms with Crippen LogP contribution in [-0.2, 0) is 0 Å². The van der Waals surface area contributed by atoms with Gasteiger partial charge in [0.05, 0.1) is 7.11 Å². The highest BCUT2D eigenvalue weighted by Crippen LogP contribution is 2.36. The predicted octanol–water partition coefficient (Wildman–Crippen LogP) is 3.90. The van der Waals surface area contributed by atoms with Crippen LogP contribution in [0.1, 0.15) is 30.9 Å². The SMILES string of the molecule is COc1cccnc1Oc1cc(C)c(N)cc1C(C)C. The molecule has 4 nitrogen and oxygen atoms in total.